The van der Waals surface area contributed by atoms with Crippen LogP contribution in [0.15, 0.2) is 28.2 Å². The Bertz CT molecular complexity index is 722. The maximum atomic E-state index is 11.4. The number of nitrogens with zero attached hydrogens (tertiary/aromatic N) is 1. The molecule has 1 heterocycles. The van der Waals surface area contributed by atoms with E-state index < -0.39 is 20.6 Å². The van der Waals surface area contributed by atoms with Crippen molar-refractivity contribution in [3.8, 4) is 0 Å². The molecule has 0 aliphatic carbocycles. The number of halogens is 1. The minimum atomic E-state index is -4.45. The van der Waals surface area contributed by atoms with Crippen LogP contribution in [0.1, 0.15) is 0 Å². The lowest BCUT2D eigenvalue weighted by Gasteiger charge is -2.02. The summed E-state index contributed by atoms with van der Waals surface area (Å²) in [5.74, 6) is 0. The maximum Gasteiger partial charge on any atom is 0.296 e. The molecule has 8 heteroatoms. The number of hydrogen-bond donors (Lipinski definition) is 2. The predicted octanol–water partition coefficient (Wildman–Crippen LogP) is 0.823. The van der Waals surface area contributed by atoms with Gasteiger partial charge in [0.1, 0.15) is 4.90 Å². The summed E-state index contributed by atoms with van der Waals surface area (Å²) in [5.41, 5.74) is -0.257. The van der Waals surface area contributed by atoms with Gasteiger partial charge in [0.2, 0.25) is 0 Å². The third kappa shape index (κ3) is 1.80. The number of aromatic nitrogens is 2. The van der Waals surface area contributed by atoms with Crippen molar-refractivity contribution in [2.24, 2.45) is 0 Å². The van der Waals surface area contributed by atoms with E-state index in [0.717, 1.165) is 6.07 Å². The van der Waals surface area contributed by atoms with E-state index in [0.29, 0.717) is 0 Å². The second kappa shape index (κ2) is 3.55. The van der Waals surface area contributed by atoms with Crippen LogP contribution in [0.4, 0.5) is 0 Å². The van der Waals surface area contributed by atoms with Crippen LogP contribution in [0.3, 0.4) is 0 Å². The lowest BCUT2D eigenvalue weighted by atomic mass is 10.2. The molecule has 0 bridgehead atoms. The summed E-state index contributed by atoms with van der Waals surface area (Å²) in [5, 5.41) is -0.146. The Morgan fingerprint density at radius 2 is 2.06 bits per heavy atom. The first kappa shape index (κ1) is 11.1. The van der Waals surface area contributed by atoms with Gasteiger partial charge >= 0.3 is 0 Å². The van der Waals surface area contributed by atoms with Gasteiger partial charge in [0.15, 0.2) is 0 Å². The van der Waals surface area contributed by atoms with Crippen molar-refractivity contribution in [1.82, 2.24) is 9.97 Å². The second-order valence-corrected chi connectivity index (χ2v) is 4.80. The van der Waals surface area contributed by atoms with Crippen molar-refractivity contribution in [1.29, 1.82) is 0 Å². The highest BCUT2D eigenvalue weighted by molar-refractivity contribution is 7.86. The van der Waals surface area contributed by atoms with E-state index in [1.54, 1.807) is 0 Å². The minimum absolute atomic E-state index is 0.0412. The van der Waals surface area contributed by atoms with E-state index in [1.807, 2.05) is 0 Å². The Labute approximate surface area is 94.6 Å². The molecule has 84 valence electrons. The Balaban J connectivity index is 2.96. The number of benzene rings is 1. The Morgan fingerprint density at radius 1 is 1.38 bits per heavy atom. The molecular weight excluding hydrogens is 256 g/mol. The van der Waals surface area contributed by atoms with Gasteiger partial charge in [0, 0.05) is 0 Å². The van der Waals surface area contributed by atoms with E-state index >= 15 is 0 Å². The first-order chi connectivity index (χ1) is 7.39. The van der Waals surface area contributed by atoms with Crippen molar-refractivity contribution >= 4 is 32.6 Å². The van der Waals surface area contributed by atoms with Gasteiger partial charge in [0.05, 0.1) is 22.3 Å². The van der Waals surface area contributed by atoms with Gasteiger partial charge in [0.25, 0.3) is 15.7 Å². The highest BCUT2D eigenvalue weighted by Crippen LogP contribution is 2.24. The third-order valence-corrected chi connectivity index (χ3v) is 3.29. The summed E-state index contributed by atoms with van der Waals surface area (Å²) in [4.78, 5) is 16.9. The molecule has 0 saturated heterocycles. The van der Waals surface area contributed by atoms with Crippen molar-refractivity contribution in [2.45, 2.75) is 4.90 Å². The number of rotatable bonds is 1. The fourth-order valence-electron chi connectivity index (χ4n) is 1.27. The fraction of sp³-hybridized carbons (Fsp3) is 0. The summed E-state index contributed by atoms with van der Waals surface area (Å²) in [6, 6.07) is 2.19. The molecule has 0 radical (unpaired) electrons. The van der Waals surface area contributed by atoms with Gasteiger partial charge < -0.3 is 4.98 Å². The smallest absolute Gasteiger partial charge is 0.296 e. The molecule has 16 heavy (non-hydrogen) atoms. The van der Waals surface area contributed by atoms with E-state index in [1.165, 1.54) is 12.4 Å². The molecular formula is C8H5ClN2O4S. The molecule has 0 saturated carbocycles. The molecule has 2 aromatic rings. The fourth-order valence-corrected chi connectivity index (χ4v) is 2.29. The number of fused-ring (bicyclic) bond motifs is 1. The molecule has 1 aromatic heterocycles. The molecule has 2 rings (SSSR count). The third-order valence-electron chi connectivity index (χ3n) is 1.97. The zero-order valence-electron chi connectivity index (χ0n) is 7.64. The van der Waals surface area contributed by atoms with Crippen molar-refractivity contribution < 1.29 is 13.0 Å². The van der Waals surface area contributed by atoms with Crippen LogP contribution < -0.4 is 5.56 Å². The molecule has 0 aliphatic heterocycles. The summed E-state index contributed by atoms with van der Waals surface area (Å²) in [7, 11) is -4.45. The number of H-pyrrole nitrogens is 1. The SMILES string of the molecule is O=c1[nH]cnc2cc(Cl)c(S(=O)(=O)O)cc12. The van der Waals surface area contributed by atoms with Gasteiger partial charge in [-0.15, -0.1) is 0 Å². The molecule has 0 amide bonds. The van der Waals surface area contributed by atoms with Gasteiger partial charge in [-0.2, -0.15) is 8.42 Å². The van der Waals surface area contributed by atoms with Gasteiger partial charge in [-0.3, -0.25) is 9.35 Å². The lowest BCUT2D eigenvalue weighted by Crippen LogP contribution is -2.08. The number of nitrogens with one attached hydrogen (secondary N) is 1. The van der Waals surface area contributed by atoms with E-state index in [9.17, 15) is 13.2 Å². The van der Waals surface area contributed by atoms with Crippen LogP contribution in [0.25, 0.3) is 10.9 Å². The molecule has 0 unspecified atom stereocenters. The zero-order valence-corrected chi connectivity index (χ0v) is 9.21. The Kier molecular flexibility index (Phi) is 2.45. The summed E-state index contributed by atoms with van der Waals surface area (Å²) >= 11 is 5.65. The maximum absolute atomic E-state index is 11.4. The van der Waals surface area contributed by atoms with Crippen LogP contribution in [0.2, 0.25) is 5.02 Å². The normalized spacial score (nSPS) is 11.9. The van der Waals surface area contributed by atoms with Crippen LogP contribution in [-0.2, 0) is 10.1 Å². The number of aromatic amines is 1. The van der Waals surface area contributed by atoms with Crippen LogP contribution >= 0.6 is 11.6 Å². The average Bonchev–Trinajstić information content (AvgIpc) is 2.15. The largest absolute Gasteiger partial charge is 0.313 e. The van der Waals surface area contributed by atoms with E-state index in [2.05, 4.69) is 9.97 Å². The van der Waals surface area contributed by atoms with E-state index in [-0.39, 0.29) is 15.9 Å². The van der Waals surface area contributed by atoms with Crippen molar-refractivity contribution in [3.63, 3.8) is 0 Å². The Hall–Kier alpha value is -1.44. The predicted molar refractivity (Wildman–Crippen MR) is 57.2 cm³/mol. The van der Waals surface area contributed by atoms with Crippen LogP contribution in [-0.4, -0.2) is 22.9 Å². The molecule has 0 spiro atoms. The van der Waals surface area contributed by atoms with E-state index in [4.69, 9.17) is 16.2 Å². The first-order valence-electron chi connectivity index (χ1n) is 4.04. The van der Waals surface area contributed by atoms with Crippen molar-refractivity contribution in [3.05, 3.63) is 33.8 Å². The van der Waals surface area contributed by atoms with Gasteiger partial charge in [-0.05, 0) is 12.1 Å². The van der Waals surface area contributed by atoms with Crippen LogP contribution in [0.5, 0.6) is 0 Å². The highest BCUT2D eigenvalue weighted by atomic mass is 35.5. The second-order valence-electron chi connectivity index (χ2n) is 3.01. The standard InChI is InChI=1S/C8H5ClN2O4S/c9-5-2-6-4(8(12)11-3-10-6)1-7(5)16(13,14)15/h1-3H,(H,10,11,12)(H,13,14,15). The summed E-state index contributed by atoms with van der Waals surface area (Å²) in [6.45, 7) is 0. The highest BCUT2D eigenvalue weighted by Gasteiger charge is 2.16. The zero-order chi connectivity index (χ0) is 11.9. The Morgan fingerprint density at radius 3 is 2.69 bits per heavy atom. The van der Waals surface area contributed by atoms with Gasteiger partial charge in [-0.25, -0.2) is 4.98 Å². The summed E-state index contributed by atoms with van der Waals surface area (Å²) in [6.07, 6.45) is 1.17. The number of hydrogen-bond acceptors (Lipinski definition) is 4. The lowest BCUT2D eigenvalue weighted by molar-refractivity contribution is 0.483. The van der Waals surface area contributed by atoms with Gasteiger partial charge in [-0.1, -0.05) is 11.6 Å². The molecule has 1 aromatic carbocycles. The molecule has 0 atom stereocenters. The monoisotopic (exact) mass is 260 g/mol. The molecule has 0 aliphatic rings. The summed E-state index contributed by atoms with van der Waals surface area (Å²) < 4.78 is 30.8. The average molecular weight is 261 g/mol. The van der Waals surface area contributed by atoms with Crippen molar-refractivity contribution in [2.75, 3.05) is 0 Å². The topological polar surface area (TPSA) is 100 Å². The first-order valence-corrected chi connectivity index (χ1v) is 5.86. The van der Waals surface area contributed by atoms with Crippen LogP contribution in [0, 0.1) is 0 Å². The minimum Gasteiger partial charge on any atom is -0.313 e. The quantitative estimate of drug-likeness (QED) is 0.740. The molecule has 0 fully saturated rings. The molecule has 6 nitrogen and oxygen atoms in total. The molecule has 2 N–H and O–H groups in total.